The van der Waals surface area contributed by atoms with Crippen LogP contribution in [0.15, 0.2) is 24.3 Å². The zero-order valence-corrected chi connectivity index (χ0v) is 13.7. The van der Waals surface area contributed by atoms with E-state index in [9.17, 15) is 4.79 Å². The van der Waals surface area contributed by atoms with Gasteiger partial charge in [-0.2, -0.15) is 5.10 Å². The van der Waals surface area contributed by atoms with Gasteiger partial charge in [-0.25, -0.2) is 4.98 Å². The molecule has 0 unspecified atom stereocenters. The summed E-state index contributed by atoms with van der Waals surface area (Å²) in [6, 6.07) is 7.73. The van der Waals surface area contributed by atoms with Crippen molar-refractivity contribution >= 4 is 17.5 Å². The van der Waals surface area contributed by atoms with E-state index in [1.807, 2.05) is 18.2 Å². The third-order valence-electron chi connectivity index (χ3n) is 4.29. The number of nitrogens with one attached hydrogen (secondary N) is 3. The summed E-state index contributed by atoms with van der Waals surface area (Å²) in [6.07, 6.45) is 5.39. The predicted octanol–water partition coefficient (Wildman–Crippen LogP) is 2.17. The highest BCUT2D eigenvalue weighted by molar-refractivity contribution is 5.75. The zero-order valence-electron chi connectivity index (χ0n) is 13.7. The first kappa shape index (κ1) is 16.4. The molecule has 2 aromatic rings. The molecule has 0 aromatic carbocycles. The van der Waals surface area contributed by atoms with Gasteiger partial charge in [-0.15, -0.1) is 0 Å². The second-order valence-electron chi connectivity index (χ2n) is 6.14. The molecule has 128 valence electrons. The summed E-state index contributed by atoms with van der Waals surface area (Å²) >= 11 is 0. The van der Waals surface area contributed by atoms with Gasteiger partial charge in [0.05, 0.1) is 12.2 Å². The maximum absolute atomic E-state index is 11.5. The van der Waals surface area contributed by atoms with Crippen LogP contribution in [0.25, 0.3) is 0 Å². The van der Waals surface area contributed by atoms with Crippen LogP contribution < -0.4 is 16.4 Å². The number of carbonyl (C=O) groups excluding carboxylic acids is 1. The summed E-state index contributed by atoms with van der Waals surface area (Å²) < 4.78 is 0. The first-order valence-corrected chi connectivity index (χ1v) is 8.49. The van der Waals surface area contributed by atoms with Crippen LogP contribution in [0.5, 0.6) is 0 Å². The van der Waals surface area contributed by atoms with Crippen molar-refractivity contribution in [1.82, 2.24) is 20.5 Å². The van der Waals surface area contributed by atoms with Crippen molar-refractivity contribution in [2.24, 2.45) is 5.73 Å². The lowest BCUT2D eigenvalue weighted by Crippen LogP contribution is -2.25. The largest absolute Gasteiger partial charge is 0.350 e. The quantitative estimate of drug-likeness (QED) is 0.623. The van der Waals surface area contributed by atoms with E-state index in [0.29, 0.717) is 31.2 Å². The zero-order chi connectivity index (χ0) is 16.8. The highest BCUT2D eigenvalue weighted by Gasteiger charge is 2.19. The predicted molar refractivity (Wildman–Crippen MR) is 92.8 cm³/mol. The molecule has 7 nitrogen and oxygen atoms in total. The molecule has 1 amide bonds. The normalized spacial score (nSPS) is 14.7. The molecule has 1 fully saturated rings. The van der Waals surface area contributed by atoms with E-state index in [4.69, 9.17) is 5.73 Å². The van der Waals surface area contributed by atoms with Gasteiger partial charge in [-0.3, -0.25) is 9.89 Å². The van der Waals surface area contributed by atoms with Crippen molar-refractivity contribution in [1.29, 1.82) is 0 Å². The first-order valence-electron chi connectivity index (χ1n) is 8.49. The van der Waals surface area contributed by atoms with Gasteiger partial charge >= 0.3 is 0 Å². The average molecular weight is 328 g/mol. The van der Waals surface area contributed by atoms with Crippen LogP contribution in [-0.2, 0) is 11.3 Å². The minimum atomic E-state index is -0.0637. The molecule has 0 saturated heterocycles. The smallest absolute Gasteiger partial charge is 0.221 e. The maximum Gasteiger partial charge on any atom is 0.221 e. The number of pyridine rings is 1. The topological polar surface area (TPSA) is 109 Å². The van der Waals surface area contributed by atoms with E-state index in [0.717, 1.165) is 11.5 Å². The maximum atomic E-state index is 11.5. The van der Waals surface area contributed by atoms with Gasteiger partial charge < -0.3 is 16.4 Å². The third kappa shape index (κ3) is 4.32. The highest BCUT2D eigenvalue weighted by Crippen LogP contribution is 2.33. The molecule has 1 aliphatic rings. The standard InChI is InChI=1S/C17H24N6O/c18-9-8-17(24)19-11-13-6-3-7-15(20-13)21-16-10-14(22-23-16)12-4-1-2-5-12/h3,6-7,10,12H,1-2,4-5,8-9,11,18H2,(H,19,24)(H2,20,21,22,23). The highest BCUT2D eigenvalue weighted by atomic mass is 16.1. The van der Waals surface area contributed by atoms with Crippen molar-refractivity contribution < 1.29 is 4.79 Å². The summed E-state index contributed by atoms with van der Waals surface area (Å²) in [7, 11) is 0. The fourth-order valence-corrected chi connectivity index (χ4v) is 3.03. The molecular weight excluding hydrogens is 304 g/mol. The monoisotopic (exact) mass is 328 g/mol. The van der Waals surface area contributed by atoms with Gasteiger partial charge in [0.1, 0.15) is 5.82 Å². The summed E-state index contributed by atoms with van der Waals surface area (Å²) in [5.74, 6) is 2.02. The average Bonchev–Trinajstić information content (AvgIpc) is 3.25. The summed E-state index contributed by atoms with van der Waals surface area (Å²) in [4.78, 5) is 16.0. The number of amides is 1. The molecule has 2 heterocycles. The molecular formula is C17H24N6O. The lowest BCUT2D eigenvalue weighted by molar-refractivity contribution is -0.121. The van der Waals surface area contributed by atoms with E-state index < -0.39 is 0 Å². The number of hydrogen-bond acceptors (Lipinski definition) is 5. The van der Waals surface area contributed by atoms with Gasteiger partial charge in [-0.1, -0.05) is 18.9 Å². The van der Waals surface area contributed by atoms with Crippen molar-refractivity contribution in [3.05, 3.63) is 35.7 Å². The Morgan fingerprint density at radius 1 is 1.29 bits per heavy atom. The van der Waals surface area contributed by atoms with Crippen LogP contribution in [0.4, 0.5) is 11.6 Å². The van der Waals surface area contributed by atoms with Gasteiger partial charge in [0, 0.05) is 30.6 Å². The first-order chi connectivity index (χ1) is 11.7. The van der Waals surface area contributed by atoms with Crippen molar-refractivity contribution in [3.63, 3.8) is 0 Å². The minimum Gasteiger partial charge on any atom is -0.350 e. The molecule has 5 N–H and O–H groups in total. The number of nitrogens with two attached hydrogens (primary N) is 1. The Morgan fingerprint density at radius 2 is 2.12 bits per heavy atom. The number of carbonyl (C=O) groups is 1. The summed E-state index contributed by atoms with van der Waals surface area (Å²) in [5.41, 5.74) is 7.34. The van der Waals surface area contributed by atoms with E-state index in [-0.39, 0.29) is 5.91 Å². The molecule has 3 rings (SSSR count). The van der Waals surface area contributed by atoms with E-state index in [1.165, 1.54) is 31.4 Å². The van der Waals surface area contributed by atoms with Crippen molar-refractivity contribution in [2.75, 3.05) is 11.9 Å². The Kier molecular flexibility index (Phi) is 5.43. The van der Waals surface area contributed by atoms with Crippen LogP contribution >= 0.6 is 0 Å². The second-order valence-corrected chi connectivity index (χ2v) is 6.14. The van der Waals surface area contributed by atoms with E-state index in [1.54, 1.807) is 0 Å². The summed E-state index contributed by atoms with van der Waals surface area (Å²) in [6.45, 7) is 0.742. The SMILES string of the molecule is NCCC(=O)NCc1cccc(Nc2cc(C3CCCC3)[nH]n2)n1. The van der Waals surface area contributed by atoms with Crippen LogP contribution in [0.3, 0.4) is 0 Å². The number of hydrogen-bond donors (Lipinski definition) is 4. The van der Waals surface area contributed by atoms with Crippen molar-refractivity contribution in [2.45, 2.75) is 44.6 Å². The minimum absolute atomic E-state index is 0.0637. The molecule has 0 bridgehead atoms. The Morgan fingerprint density at radius 3 is 2.92 bits per heavy atom. The lowest BCUT2D eigenvalue weighted by Gasteiger charge is -2.07. The lowest BCUT2D eigenvalue weighted by atomic mass is 10.0. The number of aromatic nitrogens is 3. The number of H-pyrrole nitrogens is 1. The molecule has 7 heteroatoms. The molecule has 0 atom stereocenters. The summed E-state index contributed by atoms with van der Waals surface area (Å²) in [5, 5.41) is 13.5. The fraction of sp³-hybridized carbons (Fsp3) is 0.471. The molecule has 24 heavy (non-hydrogen) atoms. The Labute approximate surface area is 141 Å². The molecule has 1 aliphatic carbocycles. The Bertz CT molecular complexity index is 677. The number of rotatable bonds is 7. The van der Waals surface area contributed by atoms with Crippen molar-refractivity contribution in [3.8, 4) is 0 Å². The van der Waals surface area contributed by atoms with Crippen LogP contribution in [-0.4, -0.2) is 27.6 Å². The molecule has 0 radical (unpaired) electrons. The fourth-order valence-electron chi connectivity index (χ4n) is 3.03. The molecule has 0 spiro atoms. The van der Waals surface area contributed by atoms with Crippen LogP contribution in [0.2, 0.25) is 0 Å². The van der Waals surface area contributed by atoms with Gasteiger partial charge in [0.25, 0.3) is 0 Å². The van der Waals surface area contributed by atoms with Crippen LogP contribution in [0.1, 0.15) is 49.4 Å². The van der Waals surface area contributed by atoms with E-state index >= 15 is 0 Å². The third-order valence-corrected chi connectivity index (χ3v) is 4.29. The second kappa shape index (κ2) is 7.92. The Balaban J connectivity index is 1.59. The molecule has 0 aliphatic heterocycles. The number of aromatic amines is 1. The number of anilines is 2. The van der Waals surface area contributed by atoms with E-state index in [2.05, 4.69) is 31.9 Å². The number of nitrogens with zero attached hydrogens (tertiary/aromatic N) is 2. The Hall–Kier alpha value is -2.41. The molecule has 1 saturated carbocycles. The molecule has 2 aromatic heterocycles. The van der Waals surface area contributed by atoms with Gasteiger partial charge in [-0.05, 0) is 25.0 Å². The van der Waals surface area contributed by atoms with Crippen LogP contribution in [0, 0.1) is 0 Å². The van der Waals surface area contributed by atoms with Gasteiger partial charge in [0.15, 0.2) is 5.82 Å². The van der Waals surface area contributed by atoms with Gasteiger partial charge in [0.2, 0.25) is 5.91 Å².